The minimum Gasteiger partial charge on any atom is -0.313 e. The molecular weight excluding hydrogens is 134 g/mol. The summed E-state index contributed by atoms with van der Waals surface area (Å²) in [6, 6.07) is 0. The smallest absolute Gasteiger partial charge is 0.00168 e. The molecule has 0 aliphatic carbocycles. The highest BCUT2D eigenvalue weighted by Gasteiger charge is 2.04. The molecular formula is C10H21N. The van der Waals surface area contributed by atoms with Crippen LogP contribution in [0.25, 0.3) is 0 Å². The molecule has 0 fully saturated rings. The van der Waals surface area contributed by atoms with E-state index in [4.69, 9.17) is 5.41 Å². The van der Waals surface area contributed by atoms with Crippen molar-refractivity contribution >= 4 is 6.21 Å². The molecule has 2 atom stereocenters. The lowest BCUT2D eigenvalue weighted by Gasteiger charge is -2.11. The standard InChI is InChI=1S/C10H21N/c1-4-9(3)6-7-10(5-2)8-11/h8-11H,4-7H2,1-3H3. The van der Waals surface area contributed by atoms with Gasteiger partial charge in [0.2, 0.25) is 0 Å². The minimum atomic E-state index is 0.531. The van der Waals surface area contributed by atoms with E-state index in [1.807, 2.05) is 0 Å². The van der Waals surface area contributed by atoms with Crippen LogP contribution in [0.5, 0.6) is 0 Å². The molecule has 0 radical (unpaired) electrons. The van der Waals surface area contributed by atoms with Gasteiger partial charge in [0.1, 0.15) is 0 Å². The Balaban J connectivity index is 3.41. The van der Waals surface area contributed by atoms with Gasteiger partial charge in [-0.15, -0.1) is 0 Å². The Morgan fingerprint density at radius 2 is 1.82 bits per heavy atom. The van der Waals surface area contributed by atoms with Gasteiger partial charge in [0.05, 0.1) is 0 Å². The lowest BCUT2D eigenvalue weighted by atomic mass is 9.94. The zero-order valence-electron chi connectivity index (χ0n) is 8.06. The SMILES string of the molecule is CCC(C)CCC(C=N)CC. The van der Waals surface area contributed by atoms with Crippen molar-refractivity contribution in [2.75, 3.05) is 0 Å². The summed E-state index contributed by atoms with van der Waals surface area (Å²) in [4.78, 5) is 0. The molecule has 0 spiro atoms. The Labute approximate surface area is 70.7 Å². The van der Waals surface area contributed by atoms with Crippen LogP contribution in [0.3, 0.4) is 0 Å². The summed E-state index contributed by atoms with van der Waals surface area (Å²) >= 11 is 0. The van der Waals surface area contributed by atoms with Crippen LogP contribution >= 0.6 is 0 Å². The predicted molar refractivity (Wildman–Crippen MR) is 51.3 cm³/mol. The summed E-state index contributed by atoms with van der Waals surface area (Å²) < 4.78 is 0. The Bertz CT molecular complexity index is 99.0. The zero-order valence-corrected chi connectivity index (χ0v) is 8.06. The van der Waals surface area contributed by atoms with Crippen molar-refractivity contribution in [3.63, 3.8) is 0 Å². The van der Waals surface area contributed by atoms with E-state index in [-0.39, 0.29) is 0 Å². The molecule has 0 aliphatic heterocycles. The summed E-state index contributed by atoms with van der Waals surface area (Å²) in [6.45, 7) is 6.68. The van der Waals surface area contributed by atoms with Crippen LogP contribution in [0.1, 0.15) is 46.5 Å². The maximum atomic E-state index is 7.14. The molecule has 0 aromatic carbocycles. The van der Waals surface area contributed by atoms with Crippen molar-refractivity contribution < 1.29 is 0 Å². The summed E-state index contributed by atoms with van der Waals surface area (Å²) in [5.41, 5.74) is 0. The van der Waals surface area contributed by atoms with Crippen molar-refractivity contribution in [1.82, 2.24) is 0 Å². The van der Waals surface area contributed by atoms with Gasteiger partial charge in [-0.25, -0.2) is 0 Å². The third kappa shape index (κ3) is 5.00. The normalized spacial score (nSPS) is 15.9. The van der Waals surface area contributed by atoms with Crippen molar-refractivity contribution in [2.24, 2.45) is 11.8 Å². The molecule has 0 saturated heterocycles. The molecule has 1 nitrogen and oxygen atoms in total. The Morgan fingerprint density at radius 1 is 1.18 bits per heavy atom. The maximum Gasteiger partial charge on any atom is -0.00168 e. The van der Waals surface area contributed by atoms with Gasteiger partial charge in [-0.05, 0) is 30.9 Å². The zero-order chi connectivity index (χ0) is 8.69. The average Bonchev–Trinajstić information content (AvgIpc) is 2.06. The lowest BCUT2D eigenvalue weighted by molar-refractivity contribution is 0.454. The Hall–Kier alpha value is -0.330. The fourth-order valence-corrected chi connectivity index (χ4v) is 1.11. The predicted octanol–water partition coefficient (Wildman–Crippen LogP) is 3.49. The third-order valence-corrected chi connectivity index (χ3v) is 2.49. The topological polar surface area (TPSA) is 23.9 Å². The highest BCUT2D eigenvalue weighted by atomic mass is 14.3. The fourth-order valence-electron chi connectivity index (χ4n) is 1.11. The van der Waals surface area contributed by atoms with E-state index < -0.39 is 0 Å². The van der Waals surface area contributed by atoms with Gasteiger partial charge in [0, 0.05) is 0 Å². The molecule has 0 aromatic rings. The van der Waals surface area contributed by atoms with Crippen molar-refractivity contribution in [3.05, 3.63) is 0 Å². The number of hydrogen-bond acceptors (Lipinski definition) is 1. The first-order valence-electron chi connectivity index (χ1n) is 4.75. The van der Waals surface area contributed by atoms with E-state index in [1.165, 1.54) is 19.3 Å². The summed E-state index contributed by atoms with van der Waals surface area (Å²) in [6.07, 6.45) is 6.48. The third-order valence-electron chi connectivity index (χ3n) is 2.49. The van der Waals surface area contributed by atoms with Gasteiger partial charge < -0.3 is 5.41 Å². The first-order valence-corrected chi connectivity index (χ1v) is 4.75. The second-order valence-corrected chi connectivity index (χ2v) is 3.43. The molecule has 11 heavy (non-hydrogen) atoms. The van der Waals surface area contributed by atoms with Crippen LogP contribution in [0, 0.1) is 17.2 Å². The summed E-state index contributed by atoms with van der Waals surface area (Å²) in [5, 5.41) is 7.14. The van der Waals surface area contributed by atoms with Gasteiger partial charge >= 0.3 is 0 Å². The summed E-state index contributed by atoms with van der Waals surface area (Å²) in [7, 11) is 0. The van der Waals surface area contributed by atoms with Gasteiger partial charge in [-0.1, -0.05) is 33.6 Å². The summed E-state index contributed by atoms with van der Waals surface area (Å²) in [5.74, 6) is 1.37. The minimum absolute atomic E-state index is 0.531. The largest absolute Gasteiger partial charge is 0.313 e. The van der Waals surface area contributed by atoms with Crippen LogP contribution in [-0.4, -0.2) is 6.21 Å². The van der Waals surface area contributed by atoms with Crippen LogP contribution in [0.15, 0.2) is 0 Å². The van der Waals surface area contributed by atoms with E-state index in [9.17, 15) is 0 Å². The fraction of sp³-hybridized carbons (Fsp3) is 0.900. The molecule has 0 bridgehead atoms. The van der Waals surface area contributed by atoms with E-state index in [1.54, 1.807) is 6.21 Å². The second kappa shape index (κ2) is 6.38. The monoisotopic (exact) mass is 155 g/mol. The van der Waals surface area contributed by atoms with Crippen molar-refractivity contribution in [1.29, 1.82) is 5.41 Å². The lowest BCUT2D eigenvalue weighted by Crippen LogP contribution is -2.02. The Kier molecular flexibility index (Phi) is 6.19. The van der Waals surface area contributed by atoms with Gasteiger partial charge in [-0.2, -0.15) is 0 Å². The highest BCUT2D eigenvalue weighted by Crippen LogP contribution is 2.15. The maximum absolute atomic E-state index is 7.14. The van der Waals surface area contributed by atoms with Gasteiger partial charge in [0.25, 0.3) is 0 Å². The van der Waals surface area contributed by atoms with Crippen LogP contribution < -0.4 is 0 Å². The molecule has 0 aromatic heterocycles. The van der Waals surface area contributed by atoms with E-state index in [2.05, 4.69) is 20.8 Å². The molecule has 2 unspecified atom stereocenters. The van der Waals surface area contributed by atoms with Crippen LogP contribution in [-0.2, 0) is 0 Å². The molecule has 0 aliphatic rings. The van der Waals surface area contributed by atoms with Gasteiger partial charge in [-0.3, -0.25) is 0 Å². The van der Waals surface area contributed by atoms with Gasteiger partial charge in [0.15, 0.2) is 0 Å². The molecule has 1 N–H and O–H groups in total. The Morgan fingerprint density at radius 3 is 2.18 bits per heavy atom. The molecule has 0 heterocycles. The van der Waals surface area contributed by atoms with Crippen molar-refractivity contribution in [3.8, 4) is 0 Å². The van der Waals surface area contributed by atoms with E-state index >= 15 is 0 Å². The van der Waals surface area contributed by atoms with Crippen molar-refractivity contribution in [2.45, 2.75) is 46.5 Å². The quantitative estimate of drug-likeness (QED) is 0.568. The molecule has 0 amide bonds. The molecule has 0 saturated carbocycles. The molecule has 66 valence electrons. The number of nitrogens with one attached hydrogen (secondary N) is 1. The first kappa shape index (κ1) is 10.7. The van der Waals surface area contributed by atoms with Crippen LogP contribution in [0.4, 0.5) is 0 Å². The second-order valence-electron chi connectivity index (χ2n) is 3.43. The van der Waals surface area contributed by atoms with Crippen LogP contribution in [0.2, 0.25) is 0 Å². The number of rotatable bonds is 6. The highest BCUT2D eigenvalue weighted by molar-refractivity contribution is 5.56. The number of hydrogen-bond donors (Lipinski definition) is 1. The first-order chi connectivity index (χ1) is 5.24. The molecule has 1 heteroatoms. The average molecular weight is 155 g/mol. The van der Waals surface area contributed by atoms with E-state index in [0.29, 0.717) is 5.92 Å². The van der Waals surface area contributed by atoms with E-state index in [0.717, 1.165) is 12.3 Å². The molecule has 0 rings (SSSR count).